The Morgan fingerprint density at radius 2 is 1.79 bits per heavy atom. The third kappa shape index (κ3) is 1.63. The Kier molecular flexibility index (Phi) is 2.18. The second kappa shape index (κ2) is 3.99. The number of para-hydroxylation sites is 2. The fraction of sp³-hybridized carbons (Fsp3) is 0.0625. The lowest BCUT2D eigenvalue weighted by Crippen LogP contribution is -2.29. The largest absolute Gasteiger partial charge is 0.283 e. The van der Waals surface area contributed by atoms with Gasteiger partial charge in [0.15, 0.2) is 0 Å². The summed E-state index contributed by atoms with van der Waals surface area (Å²) in [5, 5.41) is 2.18. The minimum atomic E-state index is 0.868. The van der Waals surface area contributed by atoms with Gasteiger partial charge in [0.25, 0.3) is 0 Å². The zero-order valence-corrected chi connectivity index (χ0v) is 10.4. The van der Waals surface area contributed by atoms with Gasteiger partial charge in [-0.3, -0.25) is 5.01 Å². The van der Waals surface area contributed by atoms with Crippen molar-refractivity contribution in [2.45, 2.75) is 6.54 Å². The summed E-state index contributed by atoms with van der Waals surface area (Å²) in [5.74, 6) is 0. The molecule has 19 heavy (non-hydrogen) atoms. The third-order valence-electron chi connectivity index (χ3n) is 3.53. The molecule has 2 aromatic carbocycles. The molecule has 2 heterocycles. The van der Waals surface area contributed by atoms with Crippen molar-refractivity contribution in [1.82, 2.24) is 9.66 Å². The van der Waals surface area contributed by atoms with E-state index < -0.39 is 0 Å². The first-order valence-corrected chi connectivity index (χ1v) is 6.37. The fourth-order valence-electron chi connectivity index (χ4n) is 2.53. The molecule has 0 spiro atoms. The lowest BCUT2D eigenvalue weighted by molar-refractivity contribution is 0.694. The summed E-state index contributed by atoms with van der Waals surface area (Å²) < 4.78 is 2.10. The number of fused-ring (bicyclic) bond motifs is 2. The van der Waals surface area contributed by atoms with Crippen LogP contribution in [0.4, 0.5) is 0 Å². The Morgan fingerprint density at radius 3 is 2.79 bits per heavy atom. The molecular weight excluding hydrogens is 234 g/mol. The molecule has 3 nitrogen and oxygen atoms in total. The SMILES string of the molecule is C1=CN(n2cnc3ccccc32)Cc2ccccc21. The standard InChI is InChI=1S/C16H13N3/c1-2-6-14-11-18(10-9-13(14)5-1)19-12-17-15-7-3-4-8-16(15)19/h1-10,12H,11H2. The van der Waals surface area contributed by atoms with E-state index in [2.05, 4.69) is 57.3 Å². The molecule has 1 aromatic heterocycles. The Bertz CT molecular complexity index is 770. The van der Waals surface area contributed by atoms with Crippen molar-refractivity contribution in [3.63, 3.8) is 0 Å². The average Bonchev–Trinajstić information content (AvgIpc) is 2.91. The molecule has 0 atom stereocenters. The molecule has 0 saturated carbocycles. The molecule has 0 unspecified atom stereocenters. The molecule has 3 heteroatoms. The number of nitrogens with zero attached hydrogens (tertiary/aromatic N) is 3. The molecule has 1 aliphatic heterocycles. The minimum Gasteiger partial charge on any atom is -0.283 e. The van der Waals surface area contributed by atoms with Gasteiger partial charge >= 0.3 is 0 Å². The van der Waals surface area contributed by atoms with E-state index in [1.807, 2.05) is 24.5 Å². The van der Waals surface area contributed by atoms with E-state index in [4.69, 9.17) is 0 Å². The van der Waals surface area contributed by atoms with Crippen LogP contribution in [0, 0.1) is 0 Å². The summed E-state index contributed by atoms with van der Waals surface area (Å²) in [7, 11) is 0. The maximum Gasteiger partial charge on any atom is 0.116 e. The van der Waals surface area contributed by atoms with Crippen LogP contribution in [-0.2, 0) is 6.54 Å². The van der Waals surface area contributed by atoms with E-state index in [-0.39, 0.29) is 0 Å². The van der Waals surface area contributed by atoms with E-state index >= 15 is 0 Å². The summed E-state index contributed by atoms with van der Waals surface area (Å²) in [5.41, 5.74) is 4.78. The molecule has 4 rings (SSSR count). The molecular formula is C16H13N3. The van der Waals surface area contributed by atoms with Crippen molar-refractivity contribution >= 4 is 17.1 Å². The van der Waals surface area contributed by atoms with Gasteiger partial charge in [-0.1, -0.05) is 36.4 Å². The van der Waals surface area contributed by atoms with Crippen LogP contribution in [0.15, 0.2) is 61.1 Å². The normalized spacial score (nSPS) is 13.8. The monoisotopic (exact) mass is 247 g/mol. The summed E-state index contributed by atoms with van der Waals surface area (Å²) in [6.45, 7) is 0.868. The van der Waals surface area contributed by atoms with Gasteiger partial charge in [0.05, 0.1) is 17.6 Å². The van der Waals surface area contributed by atoms with Crippen molar-refractivity contribution in [3.05, 3.63) is 72.2 Å². The van der Waals surface area contributed by atoms with Crippen LogP contribution in [0.2, 0.25) is 0 Å². The number of hydrogen-bond acceptors (Lipinski definition) is 2. The van der Waals surface area contributed by atoms with Gasteiger partial charge in [-0.15, -0.1) is 0 Å². The highest BCUT2D eigenvalue weighted by molar-refractivity contribution is 5.75. The van der Waals surface area contributed by atoms with E-state index in [0.717, 1.165) is 17.6 Å². The molecule has 0 aliphatic carbocycles. The molecule has 0 N–H and O–H groups in total. The van der Waals surface area contributed by atoms with Gasteiger partial charge in [0, 0.05) is 6.20 Å². The number of benzene rings is 2. The first-order chi connectivity index (χ1) is 9.42. The van der Waals surface area contributed by atoms with Crippen LogP contribution in [0.5, 0.6) is 0 Å². The predicted molar refractivity (Wildman–Crippen MR) is 77.1 cm³/mol. The topological polar surface area (TPSA) is 21.1 Å². The quantitative estimate of drug-likeness (QED) is 0.658. The van der Waals surface area contributed by atoms with E-state index in [1.165, 1.54) is 11.1 Å². The number of rotatable bonds is 1. The highest BCUT2D eigenvalue weighted by Gasteiger charge is 2.13. The first-order valence-electron chi connectivity index (χ1n) is 6.37. The summed E-state index contributed by atoms with van der Waals surface area (Å²) in [6.07, 6.45) is 6.13. The maximum atomic E-state index is 4.44. The van der Waals surface area contributed by atoms with E-state index in [0.29, 0.717) is 0 Å². The van der Waals surface area contributed by atoms with Crippen molar-refractivity contribution < 1.29 is 0 Å². The van der Waals surface area contributed by atoms with Gasteiger partial charge in [-0.2, -0.15) is 0 Å². The van der Waals surface area contributed by atoms with Gasteiger partial charge in [-0.05, 0) is 29.3 Å². The van der Waals surface area contributed by atoms with Crippen molar-refractivity contribution in [3.8, 4) is 0 Å². The molecule has 0 radical (unpaired) electrons. The molecule has 0 amide bonds. The second-order valence-corrected chi connectivity index (χ2v) is 4.69. The molecule has 92 valence electrons. The lowest BCUT2D eigenvalue weighted by Gasteiger charge is -2.26. The first kappa shape index (κ1) is 10.4. The fourth-order valence-corrected chi connectivity index (χ4v) is 2.53. The molecule has 0 saturated heterocycles. The van der Waals surface area contributed by atoms with E-state index in [9.17, 15) is 0 Å². The van der Waals surface area contributed by atoms with Crippen molar-refractivity contribution in [2.75, 3.05) is 5.01 Å². The highest BCUT2D eigenvalue weighted by atomic mass is 15.5. The van der Waals surface area contributed by atoms with E-state index in [1.54, 1.807) is 0 Å². The molecule has 1 aliphatic rings. The summed E-state index contributed by atoms with van der Waals surface area (Å²) >= 11 is 0. The van der Waals surface area contributed by atoms with Crippen molar-refractivity contribution in [1.29, 1.82) is 0 Å². The smallest absolute Gasteiger partial charge is 0.116 e. The third-order valence-corrected chi connectivity index (χ3v) is 3.53. The Hall–Kier alpha value is -2.55. The molecule has 0 bridgehead atoms. The van der Waals surface area contributed by atoms with Crippen LogP contribution in [-0.4, -0.2) is 9.66 Å². The Morgan fingerprint density at radius 1 is 0.947 bits per heavy atom. The number of hydrogen-bond donors (Lipinski definition) is 0. The number of aromatic nitrogens is 2. The van der Waals surface area contributed by atoms with Gasteiger partial charge < -0.3 is 0 Å². The van der Waals surface area contributed by atoms with Gasteiger partial charge in [0.2, 0.25) is 0 Å². The second-order valence-electron chi connectivity index (χ2n) is 4.69. The van der Waals surface area contributed by atoms with Crippen LogP contribution in [0.25, 0.3) is 17.1 Å². The molecule has 3 aromatic rings. The Balaban J connectivity index is 1.79. The zero-order valence-electron chi connectivity index (χ0n) is 10.4. The van der Waals surface area contributed by atoms with Crippen LogP contribution < -0.4 is 5.01 Å². The summed E-state index contributed by atoms with van der Waals surface area (Å²) in [4.78, 5) is 4.44. The van der Waals surface area contributed by atoms with Crippen LogP contribution in [0.3, 0.4) is 0 Å². The van der Waals surface area contributed by atoms with Crippen LogP contribution >= 0.6 is 0 Å². The minimum absolute atomic E-state index is 0.868. The highest BCUT2D eigenvalue weighted by Crippen LogP contribution is 2.21. The number of imidazole rings is 1. The molecule has 0 fully saturated rings. The Labute approximate surface area is 111 Å². The van der Waals surface area contributed by atoms with Crippen LogP contribution in [0.1, 0.15) is 11.1 Å². The van der Waals surface area contributed by atoms with Gasteiger partial charge in [0.1, 0.15) is 6.33 Å². The van der Waals surface area contributed by atoms with Crippen molar-refractivity contribution in [2.24, 2.45) is 0 Å². The zero-order chi connectivity index (χ0) is 12.7. The average molecular weight is 247 g/mol. The summed E-state index contributed by atoms with van der Waals surface area (Å²) in [6, 6.07) is 16.7. The van der Waals surface area contributed by atoms with Gasteiger partial charge in [-0.25, -0.2) is 9.66 Å². The predicted octanol–water partition coefficient (Wildman–Crippen LogP) is 3.16. The maximum absolute atomic E-state index is 4.44. The lowest BCUT2D eigenvalue weighted by atomic mass is 10.1.